The lowest BCUT2D eigenvalue weighted by Crippen LogP contribution is -2.51. The Morgan fingerprint density at radius 3 is 2.42 bits per heavy atom. The number of allylic oxidation sites excluding steroid dienone is 1. The molecule has 7 heteroatoms. The Balaban J connectivity index is 1.29. The minimum Gasteiger partial charge on any atom is -0.450 e. The molecule has 31 heavy (non-hydrogen) atoms. The zero-order chi connectivity index (χ0) is 22.0. The largest absolute Gasteiger partial charge is 0.450 e. The minimum atomic E-state index is -0.593. The van der Waals surface area contributed by atoms with E-state index in [0.717, 1.165) is 71.2 Å². The molecule has 7 nitrogen and oxygen atoms in total. The summed E-state index contributed by atoms with van der Waals surface area (Å²) in [6.45, 7) is 9.18. The van der Waals surface area contributed by atoms with Crippen LogP contribution < -0.4 is 0 Å². The number of nitrogens with zero attached hydrogens (tertiary/aromatic N) is 3. The lowest BCUT2D eigenvalue weighted by Gasteiger charge is -2.43. The van der Waals surface area contributed by atoms with Crippen LogP contribution in [0.2, 0.25) is 0 Å². The van der Waals surface area contributed by atoms with Gasteiger partial charge in [-0.05, 0) is 76.7 Å². The molecule has 2 unspecified atom stereocenters. The summed E-state index contributed by atoms with van der Waals surface area (Å²) in [5.74, 6) is 0.643. The van der Waals surface area contributed by atoms with Crippen molar-refractivity contribution in [3.05, 3.63) is 11.3 Å². The molecule has 2 fully saturated rings. The maximum atomic E-state index is 11.9. The van der Waals surface area contributed by atoms with E-state index in [2.05, 4.69) is 9.80 Å². The van der Waals surface area contributed by atoms with Crippen molar-refractivity contribution in [2.75, 3.05) is 45.9 Å². The Hall–Kier alpha value is -1.31. The van der Waals surface area contributed by atoms with Crippen LogP contribution in [0.4, 0.5) is 4.79 Å². The quantitative estimate of drug-likeness (QED) is 0.692. The van der Waals surface area contributed by atoms with Crippen LogP contribution in [-0.2, 0) is 4.74 Å². The van der Waals surface area contributed by atoms with E-state index < -0.39 is 11.6 Å². The van der Waals surface area contributed by atoms with Crippen molar-refractivity contribution in [3.63, 3.8) is 0 Å². The fourth-order valence-electron chi connectivity index (χ4n) is 6.26. The summed E-state index contributed by atoms with van der Waals surface area (Å²) in [7, 11) is 0. The van der Waals surface area contributed by atoms with Crippen molar-refractivity contribution in [1.29, 1.82) is 0 Å². The molecule has 4 rings (SSSR count). The highest BCUT2D eigenvalue weighted by atomic mass is 16.6. The number of amides is 1. The van der Waals surface area contributed by atoms with Crippen LogP contribution in [0.25, 0.3) is 0 Å². The highest BCUT2D eigenvalue weighted by Gasteiger charge is 2.50. The van der Waals surface area contributed by atoms with Gasteiger partial charge in [0.1, 0.15) is 6.23 Å². The zero-order valence-electron chi connectivity index (χ0n) is 19.4. The number of hydrogen-bond acceptors (Lipinski definition) is 6. The Morgan fingerprint density at radius 1 is 1.10 bits per heavy atom. The third kappa shape index (κ3) is 4.46. The number of aliphatic hydroxyl groups excluding tert-OH is 2. The molecule has 1 aliphatic carbocycles. The Labute approximate surface area is 187 Å². The van der Waals surface area contributed by atoms with Crippen LogP contribution in [0.15, 0.2) is 11.3 Å². The SMILES string of the molecule is CCOC(=O)N1CCC(CN2CCC(N3C4=C(CCCC4)C(C)(CO)C3O)CC2)CC1. The summed E-state index contributed by atoms with van der Waals surface area (Å²) in [5.41, 5.74) is 2.14. The van der Waals surface area contributed by atoms with E-state index in [1.807, 2.05) is 18.7 Å². The predicted molar refractivity (Wildman–Crippen MR) is 119 cm³/mol. The second-order valence-electron chi connectivity index (χ2n) is 10.2. The predicted octanol–water partition coefficient (Wildman–Crippen LogP) is 2.78. The van der Waals surface area contributed by atoms with Crippen LogP contribution in [0.5, 0.6) is 0 Å². The number of hydrogen-bond donors (Lipinski definition) is 2. The van der Waals surface area contributed by atoms with Crippen molar-refractivity contribution < 1.29 is 19.7 Å². The maximum Gasteiger partial charge on any atom is 0.409 e. The zero-order valence-corrected chi connectivity index (χ0v) is 19.4. The first-order valence-electron chi connectivity index (χ1n) is 12.4. The summed E-state index contributed by atoms with van der Waals surface area (Å²) >= 11 is 0. The maximum absolute atomic E-state index is 11.9. The van der Waals surface area contributed by atoms with E-state index in [0.29, 0.717) is 18.6 Å². The highest BCUT2D eigenvalue weighted by Crippen LogP contribution is 2.50. The van der Waals surface area contributed by atoms with Crippen molar-refractivity contribution in [1.82, 2.24) is 14.7 Å². The summed E-state index contributed by atoms with van der Waals surface area (Å²) in [6.07, 6.45) is 7.89. The van der Waals surface area contributed by atoms with Crippen LogP contribution in [-0.4, -0.2) is 89.2 Å². The van der Waals surface area contributed by atoms with Crippen molar-refractivity contribution in [2.24, 2.45) is 11.3 Å². The monoisotopic (exact) mass is 435 g/mol. The van der Waals surface area contributed by atoms with Gasteiger partial charge < -0.3 is 29.6 Å². The summed E-state index contributed by atoms with van der Waals surface area (Å²) in [5, 5.41) is 21.3. The highest BCUT2D eigenvalue weighted by molar-refractivity contribution is 5.67. The molecule has 4 aliphatic rings. The molecule has 3 heterocycles. The molecule has 0 saturated carbocycles. The van der Waals surface area contributed by atoms with Gasteiger partial charge >= 0.3 is 6.09 Å². The normalized spacial score (nSPS) is 31.3. The van der Waals surface area contributed by atoms with Crippen molar-refractivity contribution in [2.45, 2.75) is 77.5 Å². The molecular formula is C24H41N3O4. The molecule has 0 aromatic rings. The Kier molecular flexibility index (Phi) is 7.14. The fourth-order valence-corrected chi connectivity index (χ4v) is 6.26. The molecule has 0 spiro atoms. The van der Waals surface area contributed by atoms with Gasteiger partial charge in [0.15, 0.2) is 0 Å². The van der Waals surface area contributed by atoms with Gasteiger partial charge in [0.25, 0.3) is 0 Å². The summed E-state index contributed by atoms with van der Waals surface area (Å²) < 4.78 is 5.13. The number of piperidine rings is 2. The summed E-state index contributed by atoms with van der Waals surface area (Å²) in [6, 6.07) is 0.369. The molecule has 176 valence electrons. The number of ether oxygens (including phenoxy) is 1. The number of carbonyl (C=O) groups is 1. The molecule has 2 N–H and O–H groups in total. The summed E-state index contributed by atoms with van der Waals surface area (Å²) in [4.78, 5) is 18.6. The molecule has 1 amide bonds. The van der Waals surface area contributed by atoms with E-state index in [1.54, 1.807) is 0 Å². The standard InChI is InChI=1S/C24H41N3O4/c1-3-31-23(30)26-14-8-18(9-15-26)16-25-12-10-19(11-13-25)27-21-7-5-4-6-20(21)24(2,17-28)22(27)29/h18-19,22,28-29H,3-17H2,1-2H3. The van der Waals surface area contributed by atoms with E-state index >= 15 is 0 Å². The van der Waals surface area contributed by atoms with Gasteiger partial charge in [0, 0.05) is 44.5 Å². The lowest BCUT2D eigenvalue weighted by atomic mass is 9.78. The van der Waals surface area contributed by atoms with Gasteiger partial charge in [-0.25, -0.2) is 4.79 Å². The minimum absolute atomic E-state index is 0.0207. The molecule has 3 aliphatic heterocycles. The van der Waals surface area contributed by atoms with Gasteiger partial charge in [0.2, 0.25) is 0 Å². The van der Waals surface area contributed by atoms with Gasteiger partial charge in [-0.3, -0.25) is 0 Å². The average molecular weight is 436 g/mol. The fraction of sp³-hybridized carbons (Fsp3) is 0.875. The second kappa shape index (κ2) is 9.67. The Morgan fingerprint density at radius 2 is 1.77 bits per heavy atom. The molecule has 0 aromatic carbocycles. The van der Waals surface area contributed by atoms with Gasteiger partial charge in [-0.2, -0.15) is 0 Å². The average Bonchev–Trinajstić information content (AvgIpc) is 3.02. The lowest BCUT2D eigenvalue weighted by molar-refractivity contribution is -0.0767. The number of likely N-dealkylation sites (tertiary alicyclic amines) is 2. The molecule has 0 bridgehead atoms. The van der Waals surface area contributed by atoms with E-state index in [9.17, 15) is 15.0 Å². The van der Waals surface area contributed by atoms with Crippen molar-refractivity contribution in [3.8, 4) is 0 Å². The molecule has 0 aromatic heterocycles. The topological polar surface area (TPSA) is 76.5 Å². The molecule has 0 radical (unpaired) electrons. The first kappa shape index (κ1) is 22.9. The molecular weight excluding hydrogens is 394 g/mol. The van der Waals surface area contributed by atoms with Gasteiger partial charge in [0.05, 0.1) is 18.6 Å². The van der Waals surface area contributed by atoms with E-state index in [1.165, 1.54) is 24.1 Å². The molecule has 2 atom stereocenters. The van der Waals surface area contributed by atoms with Crippen LogP contribution >= 0.6 is 0 Å². The number of rotatable bonds is 5. The van der Waals surface area contributed by atoms with E-state index in [-0.39, 0.29) is 12.7 Å². The van der Waals surface area contributed by atoms with Crippen molar-refractivity contribution >= 4 is 6.09 Å². The Bertz CT molecular complexity index is 668. The van der Waals surface area contributed by atoms with E-state index in [4.69, 9.17) is 4.74 Å². The molecule has 2 saturated heterocycles. The van der Waals surface area contributed by atoms with Gasteiger partial charge in [-0.15, -0.1) is 0 Å². The smallest absolute Gasteiger partial charge is 0.409 e. The number of aliphatic hydroxyl groups is 2. The van der Waals surface area contributed by atoms with Crippen LogP contribution in [0, 0.1) is 11.3 Å². The number of carbonyl (C=O) groups excluding carboxylic acids is 1. The third-order valence-corrected chi connectivity index (χ3v) is 8.21. The van der Waals surface area contributed by atoms with Gasteiger partial charge in [-0.1, -0.05) is 0 Å². The third-order valence-electron chi connectivity index (χ3n) is 8.21. The first-order valence-corrected chi connectivity index (χ1v) is 12.4. The van der Waals surface area contributed by atoms with Crippen LogP contribution in [0.3, 0.4) is 0 Å². The first-order chi connectivity index (χ1) is 15.0. The second-order valence-corrected chi connectivity index (χ2v) is 10.2. The van der Waals surface area contributed by atoms with Crippen LogP contribution in [0.1, 0.15) is 65.2 Å².